The van der Waals surface area contributed by atoms with Gasteiger partial charge in [-0.1, -0.05) is 31.2 Å². The predicted molar refractivity (Wildman–Crippen MR) is 132 cm³/mol. The maximum Gasteiger partial charge on any atom is 0.306 e. The topological polar surface area (TPSA) is 82.2 Å². The third-order valence-electron chi connectivity index (χ3n) is 5.81. The van der Waals surface area contributed by atoms with E-state index >= 15 is 0 Å². The van der Waals surface area contributed by atoms with Crippen LogP contribution in [0.1, 0.15) is 42.9 Å². The van der Waals surface area contributed by atoms with Crippen molar-refractivity contribution in [3.05, 3.63) is 89.2 Å². The largest absolute Gasteiger partial charge is 0.459 e. The Morgan fingerprint density at radius 1 is 1.09 bits per heavy atom. The van der Waals surface area contributed by atoms with Crippen molar-refractivity contribution in [2.24, 2.45) is 5.73 Å². The summed E-state index contributed by atoms with van der Waals surface area (Å²) in [5.74, 6) is -1.66. The first-order valence-electron chi connectivity index (χ1n) is 12.1. The van der Waals surface area contributed by atoms with Gasteiger partial charge >= 0.3 is 5.97 Å². The van der Waals surface area contributed by atoms with E-state index < -0.39 is 23.8 Å². The Balaban J connectivity index is 1.56. The van der Waals surface area contributed by atoms with Gasteiger partial charge in [-0.3, -0.25) is 9.48 Å². The lowest BCUT2D eigenvalue weighted by Crippen LogP contribution is -2.46. The van der Waals surface area contributed by atoms with E-state index in [0.717, 1.165) is 31.0 Å². The Labute approximate surface area is 205 Å². The Kier molecular flexibility index (Phi) is 10.4. The lowest BCUT2D eigenvalue weighted by atomic mass is 10.0. The van der Waals surface area contributed by atoms with Crippen LogP contribution < -0.4 is 11.1 Å². The van der Waals surface area contributed by atoms with Gasteiger partial charge in [0, 0.05) is 50.6 Å². The number of nitrogens with one attached hydrogen (secondary N) is 1. The maximum atomic E-state index is 13.6. The van der Waals surface area contributed by atoms with Crippen LogP contribution in [0.4, 0.5) is 8.78 Å². The number of hydrogen-bond acceptors (Lipinski definition) is 5. The quantitative estimate of drug-likeness (QED) is 0.265. The van der Waals surface area contributed by atoms with Gasteiger partial charge in [0.05, 0.1) is 0 Å². The van der Waals surface area contributed by atoms with E-state index in [1.807, 2.05) is 29.1 Å². The number of rotatable bonds is 14. The molecule has 0 aliphatic carbocycles. The fraction of sp³-hybridized carbons (Fsp3) is 0.407. The number of carbonyl (C=O) groups excluding carboxylic acids is 1. The average Bonchev–Trinajstić information content (AvgIpc) is 3.34. The van der Waals surface area contributed by atoms with Crippen LogP contribution in [0.15, 0.2) is 60.9 Å². The van der Waals surface area contributed by atoms with Gasteiger partial charge in [0.25, 0.3) is 0 Å². The molecule has 188 valence electrons. The van der Waals surface area contributed by atoms with Crippen molar-refractivity contribution in [3.63, 3.8) is 0 Å². The second-order valence-electron chi connectivity index (χ2n) is 8.70. The molecule has 0 saturated carbocycles. The van der Waals surface area contributed by atoms with Crippen molar-refractivity contribution < 1.29 is 18.3 Å². The molecule has 3 rings (SSSR count). The minimum absolute atomic E-state index is 0.179. The number of nitrogens with zero attached hydrogens (tertiary/aromatic N) is 2. The molecule has 0 saturated heterocycles. The minimum Gasteiger partial charge on any atom is -0.459 e. The number of aromatic nitrogens is 2. The lowest BCUT2D eigenvalue weighted by Gasteiger charge is -2.25. The van der Waals surface area contributed by atoms with Crippen molar-refractivity contribution in [2.75, 3.05) is 6.54 Å². The third kappa shape index (κ3) is 9.22. The van der Waals surface area contributed by atoms with E-state index in [0.29, 0.717) is 25.1 Å². The summed E-state index contributed by atoms with van der Waals surface area (Å²) in [7, 11) is 0. The summed E-state index contributed by atoms with van der Waals surface area (Å²) in [6, 6.07) is 12.8. The van der Waals surface area contributed by atoms with Gasteiger partial charge in [0.15, 0.2) is 0 Å². The molecular formula is C27H34F2N4O2. The molecule has 6 nitrogen and oxygen atoms in total. The van der Waals surface area contributed by atoms with Gasteiger partial charge in [-0.2, -0.15) is 5.10 Å². The van der Waals surface area contributed by atoms with E-state index in [-0.39, 0.29) is 18.8 Å². The van der Waals surface area contributed by atoms with Crippen LogP contribution in [0.25, 0.3) is 0 Å². The molecule has 2 aromatic carbocycles. The monoisotopic (exact) mass is 484 g/mol. The molecule has 2 atom stereocenters. The number of nitrogens with two attached hydrogens (primary N) is 1. The fourth-order valence-electron chi connectivity index (χ4n) is 3.93. The van der Waals surface area contributed by atoms with Crippen LogP contribution in [0.2, 0.25) is 0 Å². The van der Waals surface area contributed by atoms with E-state index in [9.17, 15) is 13.6 Å². The maximum absolute atomic E-state index is 13.6. The zero-order chi connectivity index (χ0) is 25.0. The van der Waals surface area contributed by atoms with E-state index in [4.69, 9.17) is 10.5 Å². The highest BCUT2D eigenvalue weighted by atomic mass is 19.1. The smallest absolute Gasteiger partial charge is 0.306 e. The average molecular weight is 485 g/mol. The Morgan fingerprint density at radius 2 is 1.86 bits per heavy atom. The van der Waals surface area contributed by atoms with Gasteiger partial charge in [0.1, 0.15) is 17.7 Å². The highest BCUT2D eigenvalue weighted by Gasteiger charge is 2.23. The number of halogens is 2. The minimum atomic E-state index is -0.660. The molecule has 3 N–H and O–H groups in total. The molecule has 3 aromatic rings. The Morgan fingerprint density at radius 3 is 2.57 bits per heavy atom. The van der Waals surface area contributed by atoms with Crippen LogP contribution in [0.5, 0.6) is 0 Å². The second kappa shape index (κ2) is 13.7. The molecule has 0 spiro atoms. The highest BCUT2D eigenvalue weighted by Crippen LogP contribution is 2.13. The van der Waals surface area contributed by atoms with Crippen LogP contribution >= 0.6 is 0 Å². The van der Waals surface area contributed by atoms with E-state index in [2.05, 4.69) is 29.5 Å². The van der Waals surface area contributed by atoms with Crippen molar-refractivity contribution >= 4 is 5.97 Å². The number of aryl methyl sites for hydroxylation is 2. The first-order chi connectivity index (χ1) is 16.9. The number of benzene rings is 2. The number of unbranched alkanes of at least 4 members (excludes halogenated alkanes) is 1. The molecule has 0 amide bonds. The molecule has 1 heterocycles. The molecule has 0 bridgehead atoms. The van der Waals surface area contributed by atoms with Gasteiger partial charge in [-0.25, -0.2) is 8.78 Å². The van der Waals surface area contributed by atoms with Crippen molar-refractivity contribution in [2.45, 2.75) is 64.3 Å². The molecule has 0 aliphatic rings. The van der Waals surface area contributed by atoms with E-state index in [1.54, 1.807) is 6.20 Å². The second-order valence-corrected chi connectivity index (χ2v) is 8.70. The predicted octanol–water partition coefficient (Wildman–Crippen LogP) is 4.17. The van der Waals surface area contributed by atoms with Gasteiger partial charge in [-0.15, -0.1) is 0 Å². The van der Waals surface area contributed by atoms with Crippen molar-refractivity contribution in [1.29, 1.82) is 0 Å². The van der Waals surface area contributed by atoms with Crippen LogP contribution in [0, 0.1) is 11.6 Å². The normalized spacial score (nSPS) is 12.9. The van der Waals surface area contributed by atoms with Crippen molar-refractivity contribution in [3.8, 4) is 0 Å². The third-order valence-corrected chi connectivity index (χ3v) is 5.81. The summed E-state index contributed by atoms with van der Waals surface area (Å²) in [5, 5.41) is 7.47. The standard InChI is InChI=1S/C27H34F2N4O2/c1-2-20-7-5-8-21(13-20)18-31-19-26(25(30)16-22-14-23(28)17-24(29)15-22)35-27(34)9-3-4-11-33-12-6-10-32-33/h5-8,10,12-15,17,25-26,31H,2-4,9,11,16,18-19,30H2,1H3/t25-,26+/m0/s1. The Bertz CT molecular complexity index is 1040. The number of hydrogen-bond donors (Lipinski definition) is 2. The zero-order valence-electron chi connectivity index (χ0n) is 20.1. The SMILES string of the molecule is CCc1cccc(CNC[C@@H](OC(=O)CCCCn2cccn2)[C@@H](N)Cc2cc(F)cc(F)c2)c1. The molecule has 1 aromatic heterocycles. The number of carbonyl (C=O) groups is 1. The summed E-state index contributed by atoms with van der Waals surface area (Å²) in [4.78, 5) is 12.5. The summed E-state index contributed by atoms with van der Waals surface area (Å²) in [6.45, 7) is 3.75. The lowest BCUT2D eigenvalue weighted by molar-refractivity contribution is -0.150. The summed E-state index contributed by atoms with van der Waals surface area (Å²) >= 11 is 0. The van der Waals surface area contributed by atoms with E-state index in [1.165, 1.54) is 17.7 Å². The molecule has 0 unspecified atom stereocenters. The Hall–Kier alpha value is -3.10. The first-order valence-corrected chi connectivity index (χ1v) is 12.1. The fourth-order valence-corrected chi connectivity index (χ4v) is 3.93. The molecular weight excluding hydrogens is 450 g/mol. The molecule has 35 heavy (non-hydrogen) atoms. The first kappa shape index (κ1) is 26.5. The molecule has 8 heteroatoms. The van der Waals surface area contributed by atoms with Gasteiger partial charge in [-0.05, 0) is 60.6 Å². The van der Waals surface area contributed by atoms with Crippen molar-refractivity contribution in [1.82, 2.24) is 15.1 Å². The number of ether oxygens (including phenoxy) is 1. The number of esters is 1. The van der Waals surface area contributed by atoms with Gasteiger partial charge < -0.3 is 15.8 Å². The molecule has 0 fully saturated rings. The van der Waals surface area contributed by atoms with Gasteiger partial charge in [0.2, 0.25) is 0 Å². The molecule has 0 aliphatic heterocycles. The zero-order valence-corrected chi connectivity index (χ0v) is 20.1. The van der Waals surface area contributed by atoms with Crippen LogP contribution in [-0.4, -0.2) is 34.4 Å². The summed E-state index contributed by atoms with van der Waals surface area (Å²) in [6.07, 6.45) is 5.80. The summed E-state index contributed by atoms with van der Waals surface area (Å²) in [5.41, 5.74) is 9.15. The van der Waals surface area contributed by atoms with Crippen LogP contribution in [-0.2, 0) is 35.5 Å². The van der Waals surface area contributed by atoms with Crippen LogP contribution in [0.3, 0.4) is 0 Å². The summed E-state index contributed by atoms with van der Waals surface area (Å²) < 4.78 is 34.8. The highest BCUT2D eigenvalue weighted by molar-refractivity contribution is 5.69. The molecule has 0 radical (unpaired) electrons.